The molecule has 0 aliphatic heterocycles. The number of imidazole rings is 1. The van der Waals surface area contributed by atoms with Crippen molar-refractivity contribution in [1.29, 1.82) is 0 Å². The highest BCUT2D eigenvalue weighted by Crippen LogP contribution is 2.72. The van der Waals surface area contributed by atoms with Gasteiger partial charge in [-0.15, -0.1) is 0 Å². The maximum absolute atomic E-state index is 4.60. The van der Waals surface area contributed by atoms with Crippen LogP contribution in [0.1, 0.15) is 52.9 Å². The van der Waals surface area contributed by atoms with Crippen LogP contribution in [0.25, 0.3) is 0 Å². The fourth-order valence-electron chi connectivity index (χ4n) is 3.56. The van der Waals surface area contributed by atoms with Gasteiger partial charge in [-0.05, 0) is 30.2 Å². The van der Waals surface area contributed by atoms with Crippen molar-refractivity contribution < 1.29 is 0 Å². The van der Waals surface area contributed by atoms with E-state index in [1.54, 1.807) is 0 Å². The summed E-state index contributed by atoms with van der Waals surface area (Å²) in [6.07, 6.45) is 5.18. The Hall–Kier alpha value is -0.830. The molecule has 0 saturated heterocycles. The normalized spacial score (nSPS) is 23.0. The highest BCUT2D eigenvalue weighted by atomic mass is 15.1. The molecule has 0 aromatic carbocycles. The van der Waals surface area contributed by atoms with Crippen molar-refractivity contribution >= 4 is 0 Å². The minimum Gasteiger partial charge on any atom is -0.334 e. The average molecular weight is 249 g/mol. The van der Waals surface area contributed by atoms with E-state index in [4.69, 9.17) is 0 Å². The number of aryl methyl sites for hydroxylation is 1. The molecule has 1 aliphatic rings. The van der Waals surface area contributed by atoms with Gasteiger partial charge in [-0.1, -0.05) is 34.6 Å². The van der Waals surface area contributed by atoms with Crippen molar-refractivity contribution in [3.63, 3.8) is 0 Å². The molecule has 18 heavy (non-hydrogen) atoms. The third-order valence-corrected chi connectivity index (χ3v) is 5.27. The highest BCUT2D eigenvalue weighted by molar-refractivity contribution is 5.20. The Bertz CT molecular complexity index is 403. The molecular formula is C15H27N3. The number of nitrogens with one attached hydrogen (secondary N) is 1. The summed E-state index contributed by atoms with van der Waals surface area (Å²) in [4.78, 5) is 4.60. The molecule has 3 heteroatoms. The molecule has 0 amide bonds. The second-order valence-corrected chi connectivity index (χ2v) is 6.67. The molecule has 1 atom stereocenters. The van der Waals surface area contributed by atoms with Crippen LogP contribution < -0.4 is 5.32 Å². The van der Waals surface area contributed by atoms with Crippen molar-refractivity contribution in [2.75, 3.05) is 7.05 Å². The number of rotatable bonds is 5. The van der Waals surface area contributed by atoms with Gasteiger partial charge in [-0.2, -0.15) is 0 Å². The van der Waals surface area contributed by atoms with Crippen LogP contribution in [0.3, 0.4) is 0 Å². The third-order valence-electron chi connectivity index (χ3n) is 5.27. The van der Waals surface area contributed by atoms with Crippen LogP contribution in [-0.4, -0.2) is 16.6 Å². The van der Waals surface area contributed by atoms with Crippen molar-refractivity contribution in [3.8, 4) is 0 Å². The second kappa shape index (κ2) is 4.37. The zero-order valence-corrected chi connectivity index (χ0v) is 12.6. The highest BCUT2D eigenvalue weighted by Gasteiger charge is 2.67. The Labute approximate surface area is 111 Å². The first-order valence-corrected chi connectivity index (χ1v) is 7.06. The molecule has 0 bridgehead atoms. The van der Waals surface area contributed by atoms with Gasteiger partial charge in [0.2, 0.25) is 0 Å². The Morgan fingerprint density at radius 3 is 2.39 bits per heavy atom. The minimum atomic E-state index is 0.358. The van der Waals surface area contributed by atoms with Crippen LogP contribution in [0.4, 0.5) is 0 Å². The average Bonchev–Trinajstić information content (AvgIpc) is 2.68. The van der Waals surface area contributed by atoms with Crippen LogP contribution in [0.5, 0.6) is 0 Å². The van der Waals surface area contributed by atoms with E-state index in [1.807, 2.05) is 6.20 Å². The second-order valence-electron chi connectivity index (χ2n) is 6.67. The van der Waals surface area contributed by atoms with E-state index >= 15 is 0 Å². The first kappa shape index (κ1) is 13.6. The van der Waals surface area contributed by atoms with Crippen molar-refractivity contribution in [3.05, 3.63) is 18.2 Å². The van der Waals surface area contributed by atoms with Crippen molar-refractivity contribution in [2.24, 2.45) is 16.7 Å². The summed E-state index contributed by atoms with van der Waals surface area (Å²) in [5, 5.41) is 3.49. The minimum absolute atomic E-state index is 0.358. The first-order valence-electron chi connectivity index (χ1n) is 7.06. The van der Waals surface area contributed by atoms with Gasteiger partial charge in [0, 0.05) is 18.9 Å². The molecule has 1 N–H and O–H groups in total. The molecule has 1 fully saturated rings. The monoisotopic (exact) mass is 249 g/mol. The Morgan fingerprint density at radius 1 is 1.33 bits per heavy atom. The molecule has 1 aromatic rings. The molecule has 1 aliphatic carbocycles. The predicted octanol–water partition coefficient (Wildman–Crippen LogP) is 3.24. The molecule has 3 nitrogen and oxygen atoms in total. The number of hydrogen-bond donors (Lipinski definition) is 1. The Kier molecular flexibility index (Phi) is 3.30. The summed E-state index contributed by atoms with van der Waals surface area (Å²) in [5.41, 5.74) is 0.757. The van der Waals surface area contributed by atoms with E-state index in [-0.39, 0.29) is 0 Å². The van der Waals surface area contributed by atoms with E-state index in [1.165, 1.54) is 5.82 Å². The first-order chi connectivity index (χ1) is 8.37. The number of nitrogens with zero attached hydrogens (tertiary/aromatic N) is 2. The van der Waals surface area contributed by atoms with E-state index in [2.05, 4.69) is 62.7 Å². The smallest absolute Gasteiger partial charge is 0.126 e. The van der Waals surface area contributed by atoms with Gasteiger partial charge in [0.05, 0.1) is 6.04 Å². The van der Waals surface area contributed by atoms with Crippen LogP contribution in [0.2, 0.25) is 0 Å². The maximum Gasteiger partial charge on any atom is 0.126 e. The third kappa shape index (κ3) is 1.80. The lowest BCUT2D eigenvalue weighted by Gasteiger charge is -2.19. The summed E-state index contributed by atoms with van der Waals surface area (Å²) in [6, 6.07) is 0.358. The van der Waals surface area contributed by atoms with Gasteiger partial charge in [0.25, 0.3) is 0 Å². The van der Waals surface area contributed by atoms with Gasteiger partial charge in [-0.25, -0.2) is 4.98 Å². The molecule has 0 spiro atoms. The molecule has 0 radical (unpaired) electrons. The summed E-state index contributed by atoms with van der Waals surface area (Å²) in [5.74, 6) is 1.84. The lowest BCUT2D eigenvalue weighted by Crippen LogP contribution is -2.25. The quantitative estimate of drug-likeness (QED) is 0.868. The van der Waals surface area contributed by atoms with Crippen LogP contribution in [-0.2, 0) is 6.54 Å². The van der Waals surface area contributed by atoms with Crippen LogP contribution in [0.15, 0.2) is 12.4 Å². The van der Waals surface area contributed by atoms with Gasteiger partial charge in [0.1, 0.15) is 5.82 Å². The molecule has 1 unspecified atom stereocenters. The van der Waals surface area contributed by atoms with E-state index in [0.29, 0.717) is 22.8 Å². The van der Waals surface area contributed by atoms with Crippen molar-refractivity contribution in [1.82, 2.24) is 14.9 Å². The summed E-state index contributed by atoms with van der Waals surface area (Å²) in [7, 11) is 2.06. The topological polar surface area (TPSA) is 29.9 Å². The van der Waals surface area contributed by atoms with E-state index in [9.17, 15) is 0 Å². The van der Waals surface area contributed by atoms with Crippen LogP contribution in [0, 0.1) is 16.7 Å². The van der Waals surface area contributed by atoms with Gasteiger partial charge >= 0.3 is 0 Å². The predicted molar refractivity (Wildman–Crippen MR) is 75.4 cm³/mol. The molecule has 1 heterocycles. The maximum atomic E-state index is 4.60. The van der Waals surface area contributed by atoms with Gasteiger partial charge < -0.3 is 9.88 Å². The standard InChI is InChI=1S/C15H27N3/c1-7-9-18-10-8-17-13(18)11(16-6)12-14(2,3)15(12,4)5/h8,10-12,16H,7,9H2,1-6H3. The molecular weight excluding hydrogens is 222 g/mol. The fourth-order valence-corrected chi connectivity index (χ4v) is 3.56. The lowest BCUT2D eigenvalue weighted by atomic mass is 10.0. The zero-order chi connectivity index (χ0) is 13.6. The molecule has 1 saturated carbocycles. The zero-order valence-electron chi connectivity index (χ0n) is 12.6. The largest absolute Gasteiger partial charge is 0.334 e. The SMILES string of the molecule is CCCn1ccnc1C(NC)C1C(C)(C)C1(C)C. The Morgan fingerprint density at radius 2 is 1.94 bits per heavy atom. The number of hydrogen-bond acceptors (Lipinski definition) is 2. The fraction of sp³-hybridized carbons (Fsp3) is 0.800. The van der Waals surface area contributed by atoms with Crippen LogP contribution >= 0.6 is 0 Å². The van der Waals surface area contributed by atoms with Gasteiger partial charge in [-0.3, -0.25) is 0 Å². The molecule has 2 rings (SSSR count). The van der Waals surface area contributed by atoms with E-state index in [0.717, 1.165) is 13.0 Å². The van der Waals surface area contributed by atoms with Gasteiger partial charge in [0.15, 0.2) is 0 Å². The Balaban J connectivity index is 2.28. The van der Waals surface area contributed by atoms with E-state index < -0.39 is 0 Å². The summed E-state index contributed by atoms with van der Waals surface area (Å²) in [6.45, 7) is 12.7. The molecule has 1 aromatic heterocycles. The summed E-state index contributed by atoms with van der Waals surface area (Å²) < 4.78 is 2.30. The molecule has 102 valence electrons. The lowest BCUT2D eigenvalue weighted by molar-refractivity contribution is 0.402. The summed E-state index contributed by atoms with van der Waals surface area (Å²) >= 11 is 0. The number of aromatic nitrogens is 2. The van der Waals surface area contributed by atoms with Crippen molar-refractivity contribution in [2.45, 2.75) is 53.6 Å².